The number of ether oxygens (including phenoxy) is 7. The van der Waals surface area contributed by atoms with Crippen molar-refractivity contribution in [3.63, 3.8) is 0 Å². The third-order valence-electron chi connectivity index (χ3n) is 6.48. The Balaban J connectivity index is 1.64. The minimum Gasteiger partial charge on any atom is -0.497 e. The topological polar surface area (TPSA) is 81.7 Å². The minimum atomic E-state index is -1.12. The van der Waals surface area contributed by atoms with Gasteiger partial charge in [-0.2, -0.15) is 0 Å². The summed E-state index contributed by atoms with van der Waals surface area (Å²) < 4.78 is 41.7. The van der Waals surface area contributed by atoms with Crippen molar-refractivity contribution in [2.45, 2.75) is 50.5 Å². The molecule has 0 saturated carbocycles. The van der Waals surface area contributed by atoms with Gasteiger partial charge >= 0.3 is 5.97 Å². The molecule has 1 aliphatic rings. The first-order valence-corrected chi connectivity index (χ1v) is 13.1. The van der Waals surface area contributed by atoms with Gasteiger partial charge < -0.3 is 33.2 Å². The fraction of sp³-hybridized carbons (Fsp3) is 0.344. The maximum Gasteiger partial charge on any atom is 0.337 e. The average Bonchev–Trinajstić information content (AvgIpc) is 3.01. The highest BCUT2D eigenvalue weighted by Gasteiger charge is 2.52. The summed E-state index contributed by atoms with van der Waals surface area (Å²) >= 11 is 0. The summed E-state index contributed by atoms with van der Waals surface area (Å²) in [6, 6.07) is 27.0. The normalized spacial score (nSPS) is 22.4. The molecule has 0 amide bonds. The van der Waals surface area contributed by atoms with Crippen molar-refractivity contribution in [2.75, 3.05) is 20.8 Å². The third kappa shape index (κ3) is 8.00. The molecule has 3 aromatic carbocycles. The van der Waals surface area contributed by atoms with E-state index in [9.17, 15) is 4.79 Å². The van der Waals surface area contributed by atoms with Gasteiger partial charge in [-0.1, -0.05) is 78.9 Å². The lowest BCUT2D eigenvalue weighted by Crippen LogP contribution is -2.62. The van der Waals surface area contributed by atoms with Crippen LogP contribution in [0.4, 0.5) is 0 Å². The van der Waals surface area contributed by atoms with Crippen LogP contribution in [0.1, 0.15) is 16.7 Å². The second-order valence-electron chi connectivity index (χ2n) is 9.22. The average molecular weight is 549 g/mol. The lowest BCUT2D eigenvalue weighted by atomic mass is 9.97. The SMILES string of the molecule is C=CCO[C@H]1O[C@H](C(=O)OC)[C@H](OCc2ccc(OC)cc2)[C@H](OCc2ccccc2)[C@H]1OCc1ccccc1. The minimum absolute atomic E-state index is 0.187. The summed E-state index contributed by atoms with van der Waals surface area (Å²) in [6.07, 6.45) is -2.78. The molecule has 8 nitrogen and oxygen atoms in total. The second kappa shape index (κ2) is 15.3. The van der Waals surface area contributed by atoms with Crippen molar-refractivity contribution < 1.29 is 38.0 Å². The number of hydrogen-bond donors (Lipinski definition) is 0. The molecule has 0 aromatic heterocycles. The van der Waals surface area contributed by atoms with Crippen LogP contribution in [-0.4, -0.2) is 57.5 Å². The molecule has 4 rings (SSSR count). The number of hydrogen-bond acceptors (Lipinski definition) is 8. The van der Waals surface area contributed by atoms with Crippen molar-refractivity contribution >= 4 is 5.97 Å². The number of carbonyl (C=O) groups excluding carboxylic acids is 1. The highest BCUT2D eigenvalue weighted by molar-refractivity contribution is 5.75. The van der Waals surface area contributed by atoms with Crippen LogP contribution in [0.25, 0.3) is 0 Å². The zero-order valence-corrected chi connectivity index (χ0v) is 22.8. The molecule has 0 N–H and O–H groups in total. The molecular formula is C32H36O8. The van der Waals surface area contributed by atoms with E-state index in [0.29, 0.717) is 0 Å². The Kier molecular flexibility index (Phi) is 11.3. The van der Waals surface area contributed by atoms with E-state index >= 15 is 0 Å². The molecule has 0 aliphatic carbocycles. The lowest BCUT2D eigenvalue weighted by molar-refractivity contribution is -0.318. The molecule has 5 atom stereocenters. The first kappa shape index (κ1) is 29.5. The Labute approximate surface area is 235 Å². The van der Waals surface area contributed by atoms with Gasteiger partial charge in [0.2, 0.25) is 0 Å². The molecule has 0 radical (unpaired) electrons. The monoisotopic (exact) mass is 548 g/mol. The number of carbonyl (C=O) groups is 1. The van der Waals surface area contributed by atoms with E-state index in [2.05, 4.69) is 6.58 Å². The summed E-state index contributed by atoms with van der Waals surface area (Å²) in [7, 11) is 2.92. The predicted octanol–water partition coefficient (Wildman–Crippen LogP) is 4.85. The summed E-state index contributed by atoms with van der Waals surface area (Å²) in [5, 5.41) is 0. The standard InChI is InChI=1S/C32H36O8/c1-4-19-36-32-30(39-21-24-13-9-6-10-14-24)28(38-20-23-11-7-5-8-12-23)27(29(40-32)31(33)35-3)37-22-25-15-17-26(34-2)18-16-25/h4-18,27-30,32H,1,19-22H2,2-3H3/t27-,28+,29+,30-,32+/m1/s1. The maximum absolute atomic E-state index is 13.0. The Hall–Kier alpha value is -3.53. The Morgan fingerprint density at radius 1 is 0.725 bits per heavy atom. The van der Waals surface area contributed by atoms with E-state index in [1.807, 2.05) is 84.9 Å². The number of rotatable bonds is 14. The van der Waals surface area contributed by atoms with Crippen molar-refractivity contribution in [1.29, 1.82) is 0 Å². The van der Waals surface area contributed by atoms with Crippen molar-refractivity contribution in [1.82, 2.24) is 0 Å². The van der Waals surface area contributed by atoms with Crippen LogP contribution in [0, 0.1) is 0 Å². The molecule has 40 heavy (non-hydrogen) atoms. The summed E-state index contributed by atoms with van der Waals surface area (Å²) in [5.74, 6) is 0.139. The van der Waals surface area contributed by atoms with Crippen LogP contribution in [0.2, 0.25) is 0 Å². The molecule has 1 saturated heterocycles. The number of benzene rings is 3. The molecule has 1 aliphatic heterocycles. The first-order valence-electron chi connectivity index (χ1n) is 13.1. The van der Waals surface area contributed by atoms with Gasteiger partial charge in [-0.05, 0) is 28.8 Å². The van der Waals surface area contributed by atoms with Gasteiger partial charge in [0.25, 0.3) is 0 Å². The summed E-state index contributed by atoms with van der Waals surface area (Å²) in [5.41, 5.74) is 2.82. The van der Waals surface area contributed by atoms with E-state index in [4.69, 9.17) is 33.2 Å². The summed E-state index contributed by atoms with van der Waals surface area (Å²) in [4.78, 5) is 13.0. The smallest absolute Gasteiger partial charge is 0.337 e. The molecule has 0 unspecified atom stereocenters. The Morgan fingerprint density at radius 2 is 1.25 bits per heavy atom. The largest absolute Gasteiger partial charge is 0.497 e. The van der Waals surface area contributed by atoms with Gasteiger partial charge in [0.05, 0.1) is 40.6 Å². The van der Waals surface area contributed by atoms with Crippen molar-refractivity contribution in [3.8, 4) is 5.75 Å². The van der Waals surface area contributed by atoms with Gasteiger partial charge in [-0.15, -0.1) is 6.58 Å². The Bertz CT molecular complexity index is 1170. The van der Waals surface area contributed by atoms with Crippen LogP contribution in [0.3, 0.4) is 0 Å². The van der Waals surface area contributed by atoms with E-state index in [-0.39, 0.29) is 26.4 Å². The van der Waals surface area contributed by atoms with Gasteiger partial charge in [-0.25, -0.2) is 4.79 Å². The fourth-order valence-corrected chi connectivity index (χ4v) is 4.41. The Morgan fingerprint density at radius 3 is 1.77 bits per heavy atom. The fourth-order valence-electron chi connectivity index (χ4n) is 4.41. The van der Waals surface area contributed by atoms with Crippen LogP contribution in [0.15, 0.2) is 97.6 Å². The summed E-state index contributed by atoms with van der Waals surface area (Å²) in [6.45, 7) is 4.67. The van der Waals surface area contributed by atoms with Crippen LogP contribution in [-0.2, 0) is 53.0 Å². The van der Waals surface area contributed by atoms with Crippen molar-refractivity contribution in [2.24, 2.45) is 0 Å². The molecule has 8 heteroatoms. The number of esters is 1. The zero-order valence-electron chi connectivity index (χ0n) is 22.8. The van der Waals surface area contributed by atoms with Crippen molar-refractivity contribution in [3.05, 3.63) is 114 Å². The second-order valence-corrected chi connectivity index (χ2v) is 9.22. The molecule has 1 fully saturated rings. The zero-order chi connectivity index (χ0) is 28.2. The first-order chi connectivity index (χ1) is 19.6. The van der Waals surface area contributed by atoms with E-state index < -0.39 is 36.7 Å². The molecule has 0 bridgehead atoms. The van der Waals surface area contributed by atoms with E-state index in [1.165, 1.54) is 7.11 Å². The van der Waals surface area contributed by atoms with Gasteiger partial charge in [0.15, 0.2) is 12.4 Å². The molecule has 1 heterocycles. The molecular weight excluding hydrogens is 512 g/mol. The molecule has 0 spiro atoms. The van der Waals surface area contributed by atoms with Gasteiger partial charge in [0.1, 0.15) is 24.1 Å². The predicted molar refractivity (Wildman–Crippen MR) is 148 cm³/mol. The number of methoxy groups -OCH3 is 2. The third-order valence-corrected chi connectivity index (χ3v) is 6.48. The maximum atomic E-state index is 13.0. The van der Waals surface area contributed by atoms with E-state index in [0.717, 1.165) is 22.4 Å². The van der Waals surface area contributed by atoms with Gasteiger partial charge in [-0.3, -0.25) is 0 Å². The highest BCUT2D eigenvalue weighted by atomic mass is 16.7. The van der Waals surface area contributed by atoms with Crippen LogP contribution < -0.4 is 4.74 Å². The quantitative estimate of drug-likeness (QED) is 0.209. The van der Waals surface area contributed by atoms with Crippen LogP contribution >= 0.6 is 0 Å². The van der Waals surface area contributed by atoms with E-state index in [1.54, 1.807) is 13.2 Å². The van der Waals surface area contributed by atoms with Gasteiger partial charge in [0, 0.05) is 0 Å². The molecule has 212 valence electrons. The molecule has 3 aromatic rings. The highest BCUT2D eigenvalue weighted by Crippen LogP contribution is 2.32. The van der Waals surface area contributed by atoms with Crippen LogP contribution in [0.5, 0.6) is 5.75 Å². The lowest BCUT2D eigenvalue weighted by Gasteiger charge is -2.44.